The molecule has 0 aliphatic carbocycles. The van der Waals surface area contributed by atoms with E-state index in [1.807, 2.05) is 60.7 Å². The molecule has 1 atom stereocenters. The number of anilines is 1. The normalized spacial score (nSPS) is 11.3. The van der Waals surface area contributed by atoms with Gasteiger partial charge in [-0.2, -0.15) is 0 Å². The molecule has 36 heavy (non-hydrogen) atoms. The largest absolute Gasteiger partial charge is 0.468 e. The Morgan fingerprint density at radius 2 is 1.64 bits per heavy atom. The van der Waals surface area contributed by atoms with E-state index in [0.717, 1.165) is 11.1 Å². The fourth-order valence-corrected chi connectivity index (χ4v) is 3.64. The second-order valence-corrected chi connectivity index (χ2v) is 8.26. The highest BCUT2D eigenvalue weighted by atomic mass is 35.5. The summed E-state index contributed by atoms with van der Waals surface area (Å²) in [7, 11) is 1.32. The maximum atomic E-state index is 12.7. The molecular formula is C27H28ClN3O5. The van der Waals surface area contributed by atoms with Gasteiger partial charge in [0.05, 0.1) is 19.7 Å². The lowest BCUT2D eigenvalue weighted by Gasteiger charge is -2.23. The molecular weight excluding hydrogens is 482 g/mol. The van der Waals surface area contributed by atoms with E-state index in [2.05, 4.69) is 16.0 Å². The maximum Gasteiger partial charge on any atom is 0.407 e. The van der Waals surface area contributed by atoms with Crippen molar-refractivity contribution in [3.05, 3.63) is 101 Å². The van der Waals surface area contributed by atoms with E-state index < -0.39 is 18.1 Å². The molecule has 3 aromatic rings. The van der Waals surface area contributed by atoms with Gasteiger partial charge in [0.1, 0.15) is 6.61 Å². The van der Waals surface area contributed by atoms with Gasteiger partial charge in [-0.15, -0.1) is 0 Å². The van der Waals surface area contributed by atoms with Gasteiger partial charge in [0, 0.05) is 23.7 Å². The number of ether oxygens (including phenoxy) is 2. The number of amides is 2. The van der Waals surface area contributed by atoms with E-state index >= 15 is 0 Å². The van der Waals surface area contributed by atoms with Gasteiger partial charge in [-0.25, -0.2) is 4.79 Å². The minimum absolute atomic E-state index is 0.0358. The number of carbonyl (C=O) groups is 3. The molecule has 1 unspecified atom stereocenters. The minimum Gasteiger partial charge on any atom is -0.468 e. The van der Waals surface area contributed by atoms with E-state index in [1.165, 1.54) is 7.11 Å². The van der Waals surface area contributed by atoms with E-state index in [1.54, 1.807) is 18.2 Å². The summed E-state index contributed by atoms with van der Waals surface area (Å²) in [6.07, 6.45) is -0.566. The first kappa shape index (κ1) is 26.7. The molecule has 0 fully saturated rings. The van der Waals surface area contributed by atoms with Crippen LogP contribution in [-0.4, -0.2) is 38.2 Å². The number of alkyl carbamates (subject to hydrolysis) is 1. The summed E-state index contributed by atoms with van der Waals surface area (Å²) in [6.45, 7) is 0.211. The van der Waals surface area contributed by atoms with E-state index in [4.69, 9.17) is 21.1 Å². The average molecular weight is 510 g/mol. The lowest BCUT2D eigenvalue weighted by atomic mass is 9.97. The van der Waals surface area contributed by atoms with Gasteiger partial charge >= 0.3 is 12.1 Å². The second kappa shape index (κ2) is 13.9. The standard InChI is InChI=1S/C27H28ClN3O5/c1-35-25(33)17-30-26(20-10-6-3-7-11-20)22-16-21(28)12-13-23(22)31-24(32)14-15-29-27(34)36-18-19-8-4-2-5-9-19/h2-13,16,26,30H,14-15,17-18H2,1H3,(H,29,34)(H,31,32). The Hall–Kier alpha value is -3.88. The minimum atomic E-state index is -0.602. The molecule has 0 aromatic heterocycles. The van der Waals surface area contributed by atoms with Crippen molar-refractivity contribution in [3.63, 3.8) is 0 Å². The Labute approximate surface area is 214 Å². The third kappa shape index (κ3) is 8.41. The highest BCUT2D eigenvalue weighted by Gasteiger charge is 2.20. The van der Waals surface area contributed by atoms with Gasteiger partial charge in [-0.05, 0) is 34.9 Å². The van der Waals surface area contributed by atoms with E-state index in [-0.39, 0.29) is 32.0 Å². The van der Waals surface area contributed by atoms with Crippen LogP contribution < -0.4 is 16.0 Å². The number of benzene rings is 3. The van der Waals surface area contributed by atoms with Crippen LogP contribution >= 0.6 is 11.6 Å². The average Bonchev–Trinajstić information content (AvgIpc) is 2.90. The molecule has 0 aliphatic heterocycles. The van der Waals surface area contributed by atoms with Gasteiger partial charge < -0.3 is 20.1 Å². The van der Waals surface area contributed by atoms with Gasteiger partial charge in [0.15, 0.2) is 0 Å². The van der Waals surface area contributed by atoms with Crippen LogP contribution in [0, 0.1) is 0 Å². The maximum absolute atomic E-state index is 12.7. The Morgan fingerprint density at radius 1 is 0.944 bits per heavy atom. The zero-order valence-electron chi connectivity index (χ0n) is 19.8. The lowest BCUT2D eigenvalue weighted by Crippen LogP contribution is -2.30. The number of carbonyl (C=O) groups excluding carboxylic acids is 3. The lowest BCUT2D eigenvalue weighted by molar-refractivity contribution is -0.139. The van der Waals surface area contributed by atoms with Crippen LogP contribution in [0.4, 0.5) is 10.5 Å². The first-order valence-corrected chi connectivity index (χ1v) is 11.7. The molecule has 8 nitrogen and oxygen atoms in total. The fourth-order valence-electron chi connectivity index (χ4n) is 3.46. The molecule has 0 spiro atoms. The summed E-state index contributed by atoms with van der Waals surface area (Å²) in [5, 5.41) is 9.10. The molecule has 0 aliphatic rings. The van der Waals surface area contributed by atoms with Crippen molar-refractivity contribution >= 4 is 35.3 Å². The predicted octanol–water partition coefficient (Wildman–Crippen LogP) is 4.45. The van der Waals surface area contributed by atoms with Crippen LogP contribution in [0.3, 0.4) is 0 Å². The van der Waals surface area contributed by atoms with Crippen molar-refractivity contribution in [1.29, 1.82) is 0 Å². The molecule has 0 heterocycles. The van der Waals surface area contributed by atoms with Gasteiger partial charge in [0.25, 0.3) is 0 Å². The molecule has 0 saturated heterocycles. The number of nitrogens with one attached hydrogen (secondary N) is 3. The smallest absolute Gasteiger partial charge is 0.407 e. The Morgan fingerprint density at radius 3 is 2.33 bits per heavy atom. The fraction of sp³-hybridized carbons (Fsp3) is 0.222. The van der Waals surface area contributed by atoms with Crippen LogP contribution in [-0.2, 0) is 25.7 Å². The number of rotatable bonds is 11. The zero-order chi connectivity index (χ0) is 25.8. The van der Waals surface area contributed by atoms with Crippen LogP contribution in [0.5, 0.6) is 0 Å². The van der Waals surface area contributed by atoms with Gasteiger partial charge in [0.2, 0.25) is 5.91 Å². The molecule has 3 rings (SSSR count). The Kier molecular flexibility index (Phi) is 10.3. The number of hydrogen-bond acceptors (Lipinski definition) is 6. The molecule has 3 N–H and O–H groups in total. The van der Waals surface area contributed by atoms with Crippen molar-refractivity contribution in [2.45, 2.75) is 19.1 Å². The van der Waals surface area contributed by atoms with Crippen LogP contribution in [0.25, 0.3) is 0 Å². The van der Waals surface area contributed by atoms with Crippen molar-refractivity contribution < 1.29 is 23.9 Å². The summed E-state index contributed by atoms with van der Waals surface area (Å²) >= 11 is 6.27. The molecule has 188 valence electrons. The summed E-state index contributed by atoms with van der Waals surface area (Å²) in [5.74, 6) is -0.726. The molecule has 0 bridgehead atoms. The molecule has 2 amide bonds. The quantitative estimate of drug-likeness (QED) is 0.330. The topological polar surface area (TPSA) is 106 Å². The first-order valence-electron chi connectivity index (χ1n) is 11.3. The summed E-state index contributed by atoms with van der Waals surface area (Å²) in [4.78, 5) is 36.4. The number of methoxy groups -OCH3 is 1. The monoisotopic (exact) mass is 509 g/mol. The molecule has 3 aromatic carbocycles. The number of hydrogen-bond donors (Lipinski definition) is 3. The molecule has 0 radical (unpaired) electrons. The summed E-state index contributed by atoms with van der Waals surface area (Å²) in [6, 6.07) is 23.4. The second-order valence-electron chi connectivity index (χ2n) is 7.82. The van der Waals surface area contributed by atoms with Crippen molar-refractivity contribution in [2.75, 3.05) is 25.5 Å². The SMILES string of the molecule is COC(=O)CNC(c1ccccc1)c1cc(Cl)ccc1NC(=O)CCNC(=O)OCc1ccccc1. The number of halogens is 1. The number of esters is 1. The van der Waals surface area contributed by atoms with Gasteiger partial charge in [-0.1, -0.05) is 72.3 Å². The van der Waals surface area contributed by atoms with Gasteiger partial charge in [-0.3, -0.25) is 14.9 Å². The Balaban J connectivity index is 1.62. The zero-order valence-corrected chi connectivity index (χ0v) is 20.6. The third-order valence-corrected chi connectivity index (χ3v) is 5.48. The van der Waals surface area contributed by atoms with Crippen molar-refractivity contribution in [3.8, 4) is 0 Å². The highest BCUT2D eigenvalue weighted by molar-refractivity contribution is 6.30. The van der Waals surface area contributed by atoms with Crippen LogP contribution in [0.1, 0.15) is 29.2 Å². The molecule has 9 heteroatoms. The Bertz CT molecular complexity index is 1160. The predicted molar refractivity (Wildman–Crippen MR) is 138 cm³/mol. The first-order chi connectivity index (χ1) is 17.5. The van der Waals surface area contributed by atoms with Crippen molar-refractivity contribution in [2.24, 2.45) is 0 Å². The third-order valence-electron chi connectivity index (χ3n) is 5.24. The summed E-state index contributed by atoms with van der Waals surface area (Å²) < 4.78 is 9.91. The highest BCUT2D eigenvalue weighted by Crippen LogP contribution is 2.31. The van der Waals surface area contributed by atoms with Crippen LogP contribution in [0.15, 0.2) is 78.9 Å². The van der Waals surface area contributed by atoms with E-state index in [9.17, 15) is 14.4 Å². The van der Waals surface area contributed by atoms with Crippen molar-refractivity contribution in [1.82, 2.24) is 10.6 Å². The molecule has 0 saturated carbocycles. The van der Waals surface area contributed by atoms with E-state index in [0.29, 0.717) is 16.3 Å². The summed E-state index contributed by atoms with van der Waals surface area (Å²) in [5.41, 5.74) is 2.96. The van der Waals surface area contributed by atoms with Crippen LogP contribution in [0.2, 0.25) is 5.02 Å².